The molecule has 96 heavy (non-hydrogen) atoms. The van der Waals surface area contributed by atoms with E-state index in [4.69, 9.17) is 34.6 Å². The molecule has 12 aliphatic rings. The third-order valence-corrected chi connectivity index (χ3v) is 21.9. The maximum atomic E-state index is 11.5. The number of carbonyl (C=O) groups excluding carboxylic acids is 4. The molecule has 0 radical (unpaired) electrons. The zero-order valence-electron chi connectivity index (χ0n) is 64.1. The predicted molar refractivity (Wildman–Crippen MR) is 391 cm³/mol. The second-order valence-corrected chi connectivity index (χ2v) is 30.1. The Bertz CT molecular complexity index is 1850. The van der Waals surface area contributed by atoms with E-state index in [1.165, 1.54) is 168 Å². The number of aliphatic hydroxyl groups is 1. The minimum atomic E-state index is -0.0741. The second-order valence-electron chi connectivity index (χ2n) is 30.1. The fraction of sp³-hybridized carbons (Fsp3) is 0.959. The van der Waals surface area contributed by atoms with Gasteiger partial charge in [-0.05, 0) is 285 Å². The SMILES string of the molecule is CC1CC(O)CN1C.CN1CCC(C(=O)N(C)C)CC1.CN1CCC(N2CCCC2)CC1.CN1CCC(N2CCCCC2)CC1.CN1CCC(N2CCOCC2)CC1.CN1CCCCCC1N.CN1CCOCC1.CNC(=O)C1CCN(C)CC1.C[C@@H]1COCCN1C.O=C=O. The van der Waals surface area contributed by atoms with Crippen LogP contribution in [0.1, 0.15) is 142 Å². The van der Waals surface area contributed by atoms with Crippen LogP contribution in [-0.2, 0) is 33.4 Å². The molecule has 23 heteroatoms. The summed E-state index contributed by atoms with van der Waals surface area (Å²) in [4.78, 5) is 69.5. The van der Waals surface area contributed by atoms with E-state index in [-0.39, 0.29) is 30.0 Å². The second kappa shape index (κ2) is 52.6. The van der Waals surface area contributed by atoms with Gasteiger partial charge in [0.05, 0.1) is 51.9 Å². The number of β-amino-alcohol motifs (C(OH)–C–C–N with tert-alkyl or cyclic N) is 1. The summed E-state index contributed by atoms with van der Waals surface area (Å²) in [6, 6.07) is 3.86. The standard InChI is InChI=1S/C11H22N2.C10H20N2O.C10H20N2.C9H18N2O.C8H16N2O.C7H16N2.2C6H13NO.C5H11NO.CO2/c1-12-9-5-11(6-10-12)13-7-3-2-4-8-13;1-11-4-2-10(3-5-11)12-6-8-13-9-7-12;1-11-8-4-10(5-9-11)12-6-2-3-7-12;1-10(2)9(12)8-4-6-11(3)7-5-8;1-9-8(11)7-3-5-10(2)6-4-7;1-9-6-4-2-3-5-7(9)8;1-5-3-6(8)4-7(5)2;1-6-5-8-4-3-7(6)2;1-6-2-4-7-5-3-6;2-1-3/h11H,2-10H2,1H3;10H,2-9H2,1H3;10H,2-9H2,1H3;8H,4-7H2,1-3H3;7H,3-6H2,1-2H3,(H,9,11);7H,2-6,8H2,1H3;5-6,8H,3-4H2,1-2H3;6H,3-5H2,1-2H3;2-5H2,1H3;/t;;;;;;;6-;;/m.......1../s1. The number of aliphatic hydroxyl groups excluding tert-OH is 1. The highest BCUT2D eigenvalue weighted by Crippen LogP contribution is 2.23. The average molecular weight is 1370 g/mol. The summed E-state index contributed by atoms with van der Waals surface area (Å²) in [5.74, 6) is 1.04. The van der Waals surface area contributed by atoms with Crippen LogP contribution in [0, 0.1) is 11.8 Å². The molecule has 12 rings (SSSR count). The lowest BCUT2D eigenvalue weighted by molar-refractivity contribution is -0.191. The van der Waals surface area contributed by atoms with Crippen molar-refractivity contribution in [2.24, 2.45) is 17.6 Å². The molecule has 0 aromatic rings. The number of likely N-dealkylation sites (N-methyl/N-ethyl adjacent to an activating group) is 3. The van der Waals surface area contributed by atoms with Crippen molar-refractivity contribution in [2.75, 3.05) is 262 Å². The zero-order chi connectivity index (χ0) is 70.6. The molecule has 3 unspecified atom stereocenters. The van der Waals surface area contributed by atoms with Gasteiger partial charge >= 0.3 is 6.15 Å². The molecule has 0 aromatic heterocycles. The van der Waals surface area contributed by atoms with Crippen LogP contribution in [0.3, 0.4) is 0 Å². The van der Waals surface area contributed by atoms with Crippen molar-refractivity contribution >= 4 is 18.0 Å². The molecule has 0 spiro atoms. The highest BCUT2D eigenvalue weighted by molar-refractivity contribution is 5.78. The number of amides is 2. The summed E-state index contributed by atoms with van der Waals surface area (Å²) in [5, 5.41) is 11.7. The molecule has 0 aliphatic carbocycles. The zero-order valence-corrected chi connectivity index (χ0v) is 64.1. The molecular weight excluding hydrogens is 1210 g/mol. The van der Waals surface area contributed by atoms with Crippen molar-refractivity contribution in [3.05, 3.63) is 0 Å². The average Bonchev–Trinajstić information content (AvgIpc) is 1.78. The first-order valence-electron chi connectivity index (χ1n) is 38.1. The Labute approximate surface area is 587 Å². The van der Waals surface area contributed by atoms with Gasteiger partial charge in [-0.1, -0.05) is 19.3 Å². The molecule has 12 heterocycles. The topological polar surface area (TPSA) is 196 Å². The number of nitrogens with one attached hydrogen (secondary N) is 1. The fourth-order valence-electron chi connectivity index (χ4n) is 14.4. The number of likely N-dealkylation sites (tertiary alicyclic amines) is 9. The molecule has 4 atom stereocenters. The quantitative estimate of drug-likeness (QED) is 0.354. The van der Waals surface area contributed by atoms with E-state index in [0.717, 1.165) is 155 Å². The van der Waals surface area contributed by atoms with Gasteiger partial charge in [0, 0.05) is 102 Å². The number of hydrogen-bond donors (Lipinski definition) is 3. The van der Waals surface area contributed by atoms with Crippen LogP contribution in [-0.4, -0.2) is 391 Å². The molecule has 12 fully saturated rings. The molecule has 12 saturated heterocycles. The van der Waals surface area contributed by atoms with Crippen LogP contribution >= 0.6 is 0 Å². The lowest BCUT2D eigenvalue weighted by Crippen LogP contribution is -2.48. The number of morpholine rings is 3. The summed E-state index contributed by atoms with van der Waals surface area (Å²) in [6.45, 7) is 34.9. The van der Waals surface area contributed by atoms with Gasteiger partial charge in [0.15, 0.2) is 0 Å². The normalized spacial score (nSPS) is 27.8. The van der Waals surface area contributed by atoms with Gasteiger partial charge in [0.2, 0.25) is 11.8 Å². The Morgan fingerprint density at radius 3 is 1.11 bits per heavy atom. The van der Waals surface area contributed by atoms with Crippen LogP contribution in [0.4, 0.5) is 0 Å². The highest BCUT2D eigenvalue weighted by Gasteiger charge is 2.29. The van der Waals surface area contributed by atoms with Gasteiger partial charge < -0.3 is 79.4 Å². The van der Waals surface area contributed by atoms with Crippen molar-refractivity contribution < 1.29 is 38.5 Å². The number of piperidine rings is 6. The van der Waals surface area contributed by atoms with E-state index in [1.54, 1.807) is 11.9 Å². The third kappa shape index (κ3) is 38.6. The summed E-state index contributed by atoms with van der Waals surface area (Å²) in [6.07, 6.45) is 26.2. The first-order valence-corrected chi connectivity index (χ1v) is 38.1. The molecule has 0 aromatic carbocycles. The van der Waals surface area contributed by atoms with E-state index < -0.39 is 0 Å². The molecule has 4 N–H and O–H groups in total. The van der Waals surface area contributed by atoms with Crippen LogP contribution < -0.4 is 11.1 Å². The molecule has 564 valence electrons. The van der Waals surface area contributed by atoms with E-state index in [1.807, 2.05) is 21.1 Å². The number of carbonyl (C=O) groups is 2. The minimum Gasteiger partial charge on any atom is -0.392 e. The summed E-state index contributed by atoms with van der Waals surface area (Å²) in [5.41, 5.74) is 5.80. The lowest BCUT2D eigenvalue weighted by atomic mass is 9.96. The smallest absolute Gasteiger partial charge is 0.373 e. The molecule has 2 amide bonds. The monoisotopic (exact) mass is 1360 g/mol. The Kier molecular flexibility index (Phi) is 48.1. The van der Waals surface area contributed by atoms with Gasteiger partial charge in [-0.25, -0.2) is 0 Å². The minimum absolute atomic E-state index is 0.0741. The summed E-state index contributed by atoms with van der Waals surface area (Å²) in [7, 11) is 24.7. The molecule has 0 bridgehead atoms. The van der Waals surface area contributed by atoms with Gasteiger partial charge in [-0.15, -0.1) is 0 Å². The predicted octanol–water partition coefficient (Wildman–Crippen LogP) is 4.20. The van der Waals surface area contributed by atoms with Gasteiger partial charge in [0.25, 0.3) is 0 Å². The van der Waals surface area contributed by atoms with Crippen LogP contribution in [0.2, 0.25) is 0 Å². The Morgan fingerprint density at radius 2 is 0.781 bits per heavy atom. The maximum Gasteiger partial charge on any atom is 0.373 e. The van der Waals surface area contributed by atoms with Crippen LogP contribution in [0.5, 0.6) is 0 Å². The van der Waals surface area contributed by atoms with Crippen molar-refractivity contribution in [1.29, 1.82) is 0 Å². The summed E-state index contributed by atoms with van der Waals surface area (Å²) < 4.78 is 15.7. The number of hydrogen-bond acceptors (Lipinski definition) is 21. The maximum absolute atomic E-state index is 11.5. The third-order valence-electron chi connectivity index (χ3n) is 21.9. The highest BCUT2D eigenvalue weighted by atomic mass is 16.5. The van der Waals surface area contributed by atoms with E-state index >= 15 is 0 Å². The number of nitrogens with two attached hydrogens (primary N) is 1. The molecule has 12 aliphatic heterocycles. The van der Waals surface area contributed by atoms with Crippen molar-refractivity contribution in [1.82, 2.24) is 69.0 Å². The number of nitrogens with zero attached hydrogens (tertiary/aromatic N) is 13. The molecule has 0 saturated carbocycles. The van der Waals surface area contributed by atoms with E-state index in [0.29, 0.717) is 24.2 Å². The van der Waals surface area contributed by atoms with Crippen molar-refractivity contribution in [2.45, 2.75) is 185 Å². The Balaban J connectivity index is 0.000000282. The summed E-state index contributed by atoms with van der Waals surface area (Å²) >= 11 is 0. The first kappa shape index (κ1) is 87.9. The Hall–Kier alpha value is -2.36. The van der Waals surface area contributed by atoms with E-state index in [9.17, 15) is 9.59 Å². The van der Waals surface area contributed by atoms with Gasteiger partial charge in [0.1, 0.15) is 0 Å². The number of rotatable bonds is 5. The lowest BCUT2D eigenvalue weighted by Gasteiger charge is -2.39. The molecular formula is C73H149N15O8. The molecule has 23 nitrogen and oxygen atoms in total. The first-order chi connectivity index (χ1) is 46.0. The van der Waals surface area contributed by atoms with Crippen molar-refractivity contribution in [3.63, 3.8) is 0 Å². The fourth-order valence-corrected chi connectivity index (χ4v) is 14.4. The van der Waals surface area contributed by atoms with Gasteiger partial charge in [-0.2, -0.15) is 9.59 Å². The largest absolute Gasteiger partial charge is 0.392 e. The van der Waals surface area contributed by atoms with Crippen molar-refractivity contribution in [3.8, 4) is 0 Å². The van der Waals surface area contributed by atoms with E-state index in [2.05, 4.69) is 134 Å². The van der Waals surface area contributed by atoms with Gasteiger partial charge in [-0.3, -0.25) is 24.3 Å². The van der Waals surface area contributed by atoms with Crippen LogP contribution in [0.25, 0.3) is 0 Å². The van der Waals surface area contributed by atoms with Crippen LogP contribution in [0.15, 0.2) is 0 Å². The number of ether oxygens (including phenoxy) is 3. The Morgan fingerprint density at radius 1 is 0.427 bits per heavy atom.